The average molecular weight is 214 g/mol. The van der Waals surface area contributed by atoms with Crippen LogP contribution in [0, 0.1) is 5.41 Å². The summed E-state index contributed by atoms with van der Waals surface area (Å²) in [7, 11) is 1.55. The molecule has 1 aliphatic carbocycles. The molecule has 0 radical (unpaired) electrons. The van der Waals surface area contributed by atoms with Gasteiger partial charge in [-0.3, -0.25) is 4.79 Å². The first-order valence-electron chi connectivity index (χ1n) is 4.40. The number of carbonyl (C=O) groups is 1. The average Bonchev–Trinajstić information content (AvgIpc) is 2.67. The SMILES string of the molecule is COc1ccc(C(=O)C2(C)CC2F)s1. The predicted molar refractivity (Wildman–Crippen MR) is 52.8 cm³/mol. The number of rotatable bonds is 3. The largest absolute Gasteiger partial charge is 0.487 e. The number of thiophene rings is 1. The lowest BCUT2D eigenvalue weighted by molar-refractivity contribution is 0.0897. The fourth-order valence-electron chi connectivity index (χ4n) is 1.38. The summed E-state index contributed by atoms with van der Waals surface area (Å²) >= 11 is 1.27. The second-order valence-electron chi connectivity index (χ2n) is 3.74. The zero-order valence-electron chi connectivity index (χ0n) is 8.04. The number of hydrogen-bond acceptors (Lipinski definition) is 3. The highest BCUT2D eigenvalue weighted by Gasteiger charge is 2.57. The fourth-order valence-corrected chi connectivity index (χ4v) is 2.28. The Hall–Kier alpha value is -0.900. The van der Waals surface area contributed by atoms with Crippen LogP contribution in [0.1, 0.15) is 23.0 Å². The molecule has 4 heteroatoms. The van der Waals surface area contributed by atoms with Gasteiger partial charge < -0.3 is 4.74 Å². The molecule has 1 aliphatic rings. The van der Waals surface area contributed by atoms with E-state index in [2.05, 4.69) is 0 Å². The summed E-state index contributed by atoms with van der Waals surface area (Å²) in [6.07, 6.45) is -0.616. The molecular weight excluding hydrogens is 203 g/mol. The highest BCUT2D eigenvalue weighted by molar-refractivity contribution is 7.15. The van der Waals surface area contributed by atoms with Crippen LogP contribution in [0.25, 0.3) is 0 Å². The number of halogens is 1. The minimum Gasteiger partial charge on any atom is -0.487 e. The third-order valence-electron chi connectivity index (χ3n) is 2.66. The topological polar surface area (TPSA) is 26.3 Å². The van der Waals surface area contributed by atoms with Crippen LogP contribution >= 0.6 is 11.3 Å². The number of Topliss-reactive ketones (excluding diaryl/α,β-unsaturated/α-hetero) is 1. The molecule has 76 valence electrons. The maximum atomic E-state index is 12.9. The van der Waals surface area contributed by atoms with E-state index in [1.54, 1.807) is 26.2 Å². The van der Waals surface area contributed by atoms with Crippen molar-refractivity contribution in [2.45, 2.75) is 19.5 Å². The Labute approximate surface area is 85.7 Å². The van der Waals surface area contributed by atoms with Crippen molar-refractivity contribution in [1.29, 1.82) is 0 Å². The van der Waals surface area contributed by atoms with Gasteiger partial charge in [0.05, 0.1) is 17.4 Å². The van der Waals surface area contributed by atoms with Crippen molar-refractivity contribution < 1.29 is 13.9 Å². The maximum Gasteiger partial charge on any atom is 0.181 e. The van der Waals surface area contributed by atoms with Gasteiger partial charge in [-0.05, 0) is 25.5 Å². The molecule has 2 rings (SSSR count). The van der Waals surface area contributed by atoms with Gasteiger partial charge in [-0.25, -0.2) is 4.39 Å². The monoisotopic (exact) mass is 214 g/mol. The predicted octanol–water partition coefficient (Wildman–Crippen LogP) is 2.69. The molecule has 1 fully saturated rings. The standard InChI is InChI=1S/C10H11FO2S/c1-10(5-7(10)11)9(12)6-3-4-8(13-2)14-6/h3-4,7H,5H2,1-2H3. The van der Waals surface area contributed by atoms with Crippen LogP contribution in [0.15, 0.2) is 12.1 Å². The summed E-state index contributed by atoms with van der Waals surface area (Å²) in [5, 5.41) is 0.688. The van der Waals surface area contributed by atoms with Crippen LogP contribution in [0.2, 0.25) is 0 Å². The van der Waals surface area contributed by atoms with Gasteiger partial charge in [0, 0.05) is 0 Å². The quantitative estimate of drug-likeness (QED) is 0.723. The zero-order valence-corrected chi connectivity index (χ0v) is 8.86. The molecule has 1 aromatic rings. The molecule has 2 nitrogen and oxygen atoms in total. The molecule has 0 aliphatic heterocycles. The van der Waals surface area contributed by atoms with Gasteiger partial charge in [0.25, 0.3) is 0 Å². The summed E-state index contributed by atoms with van der Waals surface area (Å²) < 4.78 is 17.9. The van der Waals surface area contributed by atoms with E-state index in [0.717, 1.165) is 0 Å². The Morgan fingerprint density at radius 1 is 1.71 bits per heavy atom. The zero-order chi connectivity index (χ0) is 10.3. The normalized spacial score (nSPS) is 30.1. The first kappa shape index (κ1) is 9.65. The van der Waals surface area contributed by atoms with Crippen LogP contribution < -0.4 is 4.74 Å². The third kappa shape index (κ3) is 1.34. The van der Waals surface area contributed by atoms with Crippen molar-refractivity contribution in [1.82, 2.24) is 0 Å². The molecule has 1 aromatic heterocycles. The van der Waals surface area contributed by atoms with Crippen molar-refractivity contribution in [3.8, 4) is 5.06 Å². The van der Waals surface area contributed by atoms with Gasteiger partial charge in [0.2, 0.25) is 0 Å². The van der Waals surface area contributed by atoms with Gasteiger partial charge in [-0.1, -0.05) is 11.3 Å². The van der Waals surface area contributed by atoms with E-state index in [9.17, 15) is 9.18 Å². The molecule has 1 saturated carbocycles. The van der Waals surface area contributed by atoms with E-state index >= 15 is 0 Å². The van der Waals surface area contributed by atoms with E-state index in [0.29, 0.717) is 16.4 Å². The Bertz CT molecular complexity index is 374. The lowest BCUT2D eigenvalue weighted by atomic mass is 10.0. The van der Waals surface area contributed by atoms with Crippen LogP contribution in [0.4, 0.5) is 4.39 Å². The van der Waals surface area contributed by atoms with E-state index in [-0.39, 0.29) is 5.78 Å². The van der Waals surface area contributed by atoms with E-state index < -0.39 is 11.6 Å². The Morgan fingerprint density at radius 3 is 2.79 bits per heavy atom. The Morgan fingerprint density at radius 2 is 2.36 bits per heavy atom. The molecule has 0 amide bonds. The lowest BCUT2D eigenvalue weighted by Crippen LogP contribution is -2.13. The van der Waals surface area contributed by atoms with Gasteiger partial charge >= 0.3 is 0 Å². The molecule has 0 spiro atoms. The molecule has 2 unspecified atom stereocenters. The van der Waals surface area contributed by atoms with Crippen molar-refractivity contribution in [3.05, 3.63) is 17.0 Å². The number of ether oxygens (including phenoxy) is 1. The van der Waals surface area contributed by atoms with Gasteiger partial charge in [-0.15, -0.1) is 0 Å². The summed E-state index contributed by atoms with van der Waals surface area (Å²) in [4.78, 5) is 12.4. The van der Waals surface area contributed by atoms with Crippen LogP contribution in [0.5, 0.6) is 5.06 Å². The van der Waals surface area contributed by atoms with Gasteiger partial charge in [-0.2, -0.15) is 0 Å². The summed E-state index contributed by atoms with van der Waals surface area (Å²) in [6.45, 7) is 1.67. The molecule has 1 heterocycles. The molecule has 14 heavy (non-hydrogen) atoms. The van der Waals surface area contributed by atoms with Crippen molar-refractivity contribution in [2.24, 2.45) is 5.41 Å². The highest BCUT2D eigenvalue weighted by atomic mass is 32.1. The second kappa shape index (κ2) is 3.05. The number of carbonyl (C=O) groups excluding carboxylic acids is 1. The molecule has 0 saturated heterocycles. The number of hydrogen-bond donors (Lipinski definition) is 0. The van der Waals surface area contributed by atoms with E-state index in [1.165, 1.54) is 11.3 Å². The number of alkyl halides is 1. The first-order valence-corrected chi connectivity index (χ1v) is 5.22. The number of ketones is 1. The summed E-state index contributed by atoms with van der Waals surface area (Å²) in [6, 6.07) is 3.43. The molecule has 0 bridgehead atoms. The van der Waals surface area contributed by atoms with Crippen LogP contribution in [-0.4, -0.2) is 19.1 Å². The summed E-state index contributed by atoms with van der Waals surface area (Å²) in [5.41, 5.74) is -0.768. The van der Waals surface area contributed by atoms with Crippen LogP contribution in [-0.2, 0) is 0 Å². The Balaban J connectivity index is 2.20. The number of methoxy groups -OCH3 is 1. The molecular formula is C10H11FO2S. The van der Waals surface area contributed by atoms with Gasteiger partial charge in [0.1, 0.15) is 6.17 Å². The molecule has 0 aromatic carbocycles. The van der Waals surface area contributed by atoms with Crippen molar-refractivity contribution in [2.75, 3.05) is 7.11 Å². The van der Waals surface area contributed by atoms with Gasteiger partial charge in [0.15, 0.2) is 10.8 Å². The van der Waals surface area contributed by atoms with E-state index in [4.69, 9.17) is 4.74 Å². The van der Waals surface area contributed by atoms with E-state index in [1.807, 2.05) is 0 Å². The van der Waals surface area contributed by atoms with Crippen LogP contribution in [0.3, 0.4) is 0 Å². The third-order valence-corrected chi connectivity index (χ3v) is 3.70. The summed E-state index contributed by atoms with van der Waals surface area (Å²) in [5.74, 6) is -0.0988. The molecule has 0 N–H and O–H groups in total. The fraction of sp³-hybridized carbons (Fsp3) is 0.500. The Kier molecular flexibility index (Phi) is 2.10. The lowest BCUT2D eigenvalue weighted by Gasteiger charge is -2.03. The second-order valence-corrected chi connectivity index (χ2v) is 4.79. The van der Waals surface area contributed by atoms with Crippen molar-refractivity contribution >= 4 is 17.1 Å². The smallest absolute Gasteiger partial charge is 0.181 e. The minimum atomic E-state index is -0.969. The maximum absolute atomic E-state index is 12.9. The highest BCUT2D eigenvalue weighted by Crippen LogP contribution is 2.51. The molecule has 2 atom stereocenters. The minimum absolute atomic E-state index is 0.0988. The van der Waals surface area contributed by atoms with Crippen molar-refractivity contribution in [3.63, 3.8) is 0 Å². The first-order chi connectivity index (χ1) is 6.58.